The van der Waals surface area contributed by atoms with Crippen LogP contribution in [-0.2, 0) is 4.74 Å². The summed E-state index contributed by atoms with van der Waals surface area (Å²) >= 11 is 1.84. The molecule has 0 aliphatic carbocycles. The zero-order valence-electron chi connectivity index (χ0n) is 17.8. The van der Waals surface area contributed by atoms with Crippen LogP contribution in [0.3, 0.4) is 0 Å². The fourth-order valence-corrected chi connectivity index (χ4v) is 5.22. The normalized spacial score (nSPS) is 23.7. The van der Waals surface area contributed by atoms with Crippen LogP contribution in [0.2, 0.25) is 0 Å². The Kier molecular flexibility index (Phi) is 6.01. The zero-order valence-corrected chi connectivity index (χ0v) is 18.6. The van der Waals surface area contributed by atoms with Gasteiger partial charge in [0.15, 0.2) is 5.96 Å². The first-order valence-corrected chi connectivity index (χ1v) is 11.6. The molecule has 4 rings (SSSR count). The highest BCUT2D eigenvalue weighted by Gasteiger charge is 2.37. The molecule has 2 saturated heterocycles. The molecule has 1 aromatic rings. The number of likely N-dealkylation sites (tertiary alicyclic amines) is 1. The number of amides is 1. The smallest absolute Gasteiger partial charge is 0.410 e. The van der Waals surface area contributed by atoms with Gasteiger partial charge in [-0.15, -0.1) is 11.3 Å². The van der Waals surface area contributed by atoms with Crippen LogP contribution in [0.5, 0.6) is 0 Å². The van der Waals surface area contributed by atoms with Gasteiger partial charge in [0, 0.05) is 31.1 Å². The number of nitrogens with one attached hydrogen (secondary N) is 1. The van der Waals surface area contributed by atoms with E-state index in [-0.39, 0.29) is 12.1 Å². The summed E-state index contributed by atoms with van der Waals surface area (Å²) in [4.78, 5) is 25.3. The quantitative estimate of drug-likeness (QED) is 0.813. The number of piperazine rings is 1. The van der Waals surface area contributed by atoms with Gasteiger partial charge in [-0.25, -0.2) is 4.79 Å². The number of rotatable bonds is 4. The van der Waals surface area contributed by atoms with Crippen molar-refractivity contribution in [2.75, 3.05) is 45.8 Å². The fraction of sp³-hybridized carbons (Fsp3) is 0.714. The summed E-state index contributed by atoms with van der Waals surface area (Å²) in [5.74, 6) is 0.986. The fourth-order valence-electron chi connectivity index (χ4n) is 4.35. The first-order valence-electron chi connectivity index (χ1n) is 10.7. The van der Waals surface area contributed by atoms with Gasteiger partial charge in [0.05, 0.1) is 18.6 Å². The van der Waals surface area contributed by atoms with Gasteiger partial charge in [-0.05, 0) is 58.1 Å². The highest BCUT2D eigenvalue weighted by atomic mass is 32.1. The molecule has 29 heavy (non-hydrogen) atoms. The topological polar surface area (TPSA) is 60.4 Å². The van der Waals surface area contributed by atoms with Crippen molar-refractivity contribution >= 4 is 23.4 Å². The van der Waals surface area contributed by atoms with E-state index in [1.54, 1.807) is 0 Å². The van der Waals surface area contributed by atoms with E-state index in [0.29, 0.717) is 19.1 Å². The number of aliphatic imine (C=N–C) groups is 1. The number of carbonyl (C=O) groups excluding carboxylic acids is 1. The molecule has 0 radical (unpaired) electrons. The van der Waals surface area contributed by atoms with Crippen molar-refractivity contribution in [2.45, 2.75) is 51.3 Å². The predicted molar refractivity (Wildman–Crippen MR) is 116 cm³/mol. The van der Waals surface area contributed by atoms with Crippen molar-refractivity contribution in [3.8, 4) is 0 Å². The van der Waals surface area contributed by atoms with E-state index in [1.807, 2.05) is 37.0 Å². The average molecular weight is 420 g/mol. The van der Waals surface area contributed by atoms with E-state index in [1.165, 1.54) is 30.8 Å². The van der Waals surface area contributed by atoms with Crippen LogP contribution in [0.15, 0.2) is 22.5 Å². The van der Waals surface area contributed by atoms with E-state index in [0.717, 1.165) is 25.6 Å². The van der Waals surface area contributed by atoms with E-state index >= 15 is 0 Å². The molecule has 7 nitrogen and oxygen atoms in total. The highest BCUT2D eigenvalue weighted by molar-refractivity contribution is 7.10. The SMILES string of the molecule is CC(C)(C)OC(=O)N1CCN2C(NCC(c3cccs3)N3CCCC3)=NCC2C1. The number of carbonyl (C=O) groups is 1. The molecule has 0 aromatic carbocycles. The monoisotopic (exact) mass is 419 g/mol. The Hall–Kier alpha value is -1.80. The number of guanidine groups is 1. The van der Waals surface area contributed by atoms with Gasteiger partial charge < -0.3 is 19.9 Å². The van der Waals surface area contributed by atoms with E-state index in [9.17, 15) is 4.79 Å². The molecule has 3 aliphatic rings. The second-order valence-corrected chi connectivity index (χ2v) is 10.1. The van der Waals surface area contributed by atoms with Gasteiger partial charge >= 0.3 is 6.09 Å². The van der Waals surface area contributed by atoms with Gasteiger partial charge in [-0.1, -0.05) is 6.07 Å². The van der Waals surface area contributed by atoms with Crippen LogP contribution < -0.4 is 5.32 Å². The molecule has 160 valence electrons. The third-order valence-electron chi connectivity index (χ3n) is 5.76. The van der Waals surface area contributed by atoms with Gasteiger partial charge in [0.1, 0.15) is 5.60 Å². The molecule has 0 spiro atoms. The maximum Gasteiger partial charge on any atom is 0.410 e. The van der Waals surface area contributed by atoms with Crippen LogP contribution in [0.1, 0.15) is 44.5 Å². The van der Waals surface area contributed by atoms with Gasteiger partial charge in [-0.3, -0.25) is 9.89 Å². The van der Waals surface area contributed by atoms with Crippen LogP contribution in [-0.4, -0.2) is 84.2 Å². The summed E-state index contributed by atoms with van der Waals surface area (Å²) in [7, 11) is 0. The lowest BCUT2D eigenvalue weighted by molar-refractivity contribution is 0.0137. The molecule has 8 heteroatoms. The lowest BCUT2D eigenvalue weighted by atomic mass is 10.2. The summed E-state index contributed by atoms with van der Waals surface area (Å²) in [6.45, 7) is 11.8. The number of hydrogen-bond acceptors (Lipinski definition) is 7. The third-order valence-corrected chi connectivity index (χ3v) is 6.74. The van der Waals surface area contributed by atoms with E-state index in [4.69, 9.17) is 9.73 Å². The van der Waals surface area contributed by atoms with Crippen molar-refractivity contribution in [1.29, 1.82) is 0 Å². The van der Waals surface area contributed by atoms with Crippen molar-refractivity contribution in [3.63, 3.8) is 0 Å². The lowest BCUT2D eigenvalue weighted by Crippen LogP contribution is -2.58. The van der Waals surface area contributed by atoms with Crippen molar-refractivity contribution in [1.82, 2.24) is 20.0 Å². The van der Waals surface area contributed by atoms with Crippen molar-refractivity contribution < 1.29 is 9.53 Å². The molecule has 2 atom stereocenters. The van der Waals surface area contributed by atoms with E-state index in [2.05, 4.69) is 32.6 Å². The summed E-state index contributed by atoms with van der Waals surface area (Å²) in [6, 6.07) is 5.03. The minimum absolute atomic E-state index is 0.217. The Bertz CT molecular complexity index is 724. The molecule has 1 N–H and O–H groups in total. The first-order chi connectivity index (χ1) is 13.9. The summed E-state index contributed by atoms with van der Waals surface area (Å²) in [5, 5.41) is 5.80. The third kappa shape index (κ3) is 4.86. The zero-order chi connectivity index (χ0) is 20.4. The summed E-state index contributed by atoms with van der Waals surface area (Å²) < 4.78 is 5.54. The second kappa shape index (κ2) is 8.52. The standard InChI is InChI=1S/C21H33N5O2S/c1-21(2,3)28-20(27)25-10-11-26-16(15-25)13-22-19(26)23-14-17(18-7-6-12-29-18)24-8-4-5-9-24/h6-7,12,16-17H,4-5,8-11,13-15H2,1-3H3,(H,22,23). The van der Waals surface area contributed by atoms with Crippen LogP contribution in [0.25, 0.3) is 0 Å². The molecular formula is C21H33N5O2S. The molecule has 0 saturated carbocycles. The first kappa shape index (κ1) is 20.5. The minimum Gasteiger partial charge on any atom is -0.444 e. The molecule has 4 heterocycles. The van der Waals surface area contributed by atoms with Gasteiger partial charge in [0.2, 0.25) is 0 Å². The number of thiophene rings is 1. The second-order valence-electron chi connectivity index (χ2n) is 9.09. The van der Waals surface area contributed by atoms with Gasteiger partial charge in [-0.2, -0.15) is 0 Å². The average Bonchev–Trinajstić information content (AvgIpc) is 3.43. The summed E-state index contributed by atoms with van der Waals surface area (Å²) in [6.07, 6.45) is 2.36. The minimum atomic E-state index is -0.459. The predicted octanol–water partition coefficient (Wildman–Crippen LogP) is 2.77. The molecule has 1 amide bonds. The van der Waals surface area contributed by atoms with Crippen LogP contribution in [0.4, 0.5) is 4.79 Å². The Balaban J connectivity index is 1.33. The molecule has 2 fully saturated rings. The Morgan fingerprint density at radius 2 is 2.10 bits per heavy atom. The summed E-state index contributed by atoms with van der Waals surface area (Å²) in [5.41, 5.74) is -0.459. The number of fused-ring (bicyclic) bond motifs is 1. The van der Waals surface area contributed by atoms with Gasteiger partial charge in [0.25, 0.3) is 0 Å². The molecule has 2 unspecified atom stereocenters. The Morgan fingerprint density at radius 1 is 1.31 bits per heavy atom. The lowest BCUT2D eigenvalue weighted by Gasteiger charge is -2.39. The molecule has 1 aromatic heterocycles. The largest absolute Gasteiger partial charge is 0.444 e. The molecule has 3 aliphatic heterocycles. The Morgan fingerprint density at radius 3 is 2.79 bits per heavy atom. The van der Waals surface area contributed by atoms with Crippen LogP contribution in [0, 0.1) is 0 Å². The highest BCUT2D eigenvalue weighted by Crippen LogP contribution is 2.28. The van der Waals surface area contributed by atoms with Crippen molar-refractivity contribution in [2.24, 2.45) is 4.99 Å². The molecule has 0 bridgehead atoms. The number of ether oxygens (including phenoxy) is 1. The number of nitrogens with zero attached hydrogens (tertiary/aromatic N) is 4. The maximum absolute atomic E-state index is 12.4. The van der Waals surface area contributed by atoms with Crippen molar-refractivity contribution in [3.05, 3.63) is 22.4 Å². The van der Waals surface area contributed by atoms with Crippen LogP contribution >= 0.6 is 11.3 Å². The Labute approximate surface area is 177 Å². The maximum atomic E-state index is 12.4. The molecular weight excluding hydrogens is 386 g/mol. The van der Waals surface area contributed by atoms with E-state index < -0.39 is 5.60 Å². The number of hydrogen-bond donors (Lipinski definition) is 1.